The number of nitriles is 1. The summed E-state index contributed by atoms with van der Waals surface area (Å²) in [6, 6.07) is 1.51. The first kappa shape index (κ1) is 10.3. The normalized spacial score (nSPS) is 19.9. The molecule has 1 rings (SSSR count). The van der Waals surface area contributed by atoms with Crippen LogP contribution in [0.2, 0.25) is 0 Å². The third-order valence-corrected chi connectivity index (χ3v) is 1.92. The van der Waals surface area contributed by atoms with Crippen LogP contribution in [-0.4, -0.2) is 23.6 Å². The maximum absolute atomic E-state index is 11.4. The van der Waals surface area contributed by atoms with Crippen molar-refractivity contribution in [1.29, 1.82) is 5.26 Å². The average Bonchev–Trinajstić information content (AvgIpc) is 2.17. The van der Waals surface area contributed by atoms with Crippen molar-refractivity contribution in [2.24, 2.45) is 0 Å². The second-order valence-corrected chi connectivity index (χ2v) is 2.89. The molecule has 0 N–H and O–H groups in total. The monoisotopic (exact) mass is 192 g/mol. The molecule has 4 heteroatoms. The van der Waals surface area contributed by atoms with Crippen LogP contribution in [-0.2, 0) is 4.74 Å². The Bertz CT molecular complexity index is 326. The van der Waals surface area contributed by atoms with E-state index in [9.17, 15) is 4.79 Å². The van der Waals surface area contributed by atoms with Gasteiger partial charge in [0.15, 0.2) is 0 Å². The summed E-state index contributed by atoms with van der Waals surface area (Å²) in [4.78, 5) is 12.7. The molecule has 14 heavy (non-hydrogen) atoms. The fraction of sp³-hybridized carbons (Fsp3) is 0.400. The summed E-state index contributed by atoms with van der Waals surface area (Å²) < 4.78 is 4.82. The lowest BCUT2D eigenvalue weighted by Crippen LogP contribution is -2.37. The number of hydrogen-bond donors (Lipinski definition) is 0. The van der Waals surface area contributed by atoms with Crippen molar-refractivity contribution in [3.05, 3.63) is 23.9 Å². The van der Waals surface area contributed by atoms with Gasteiger partial charge in [-0.15, -0.1) is 0 Å². The zero-order chi connectivity index (χ0) is 10.6. The zero-order valence-corrected chi connectivity index (χ0v) is 8.23. The second-order valence-electron chi connectivity index (χ2n) is 2.89. The molecule has 0 aliphatic carbocycles. The molecule has 1 atom stereocenters. The van der Waals surface area contributed by atoms with E-state index < -0.39 is 12.1 Å². The quantitative estimate of drug-likeness (QED) is 0.636. The van der Waals surface area contributed by atoms with Crippen LogP contribution in [0.25, 0.3) is 0 Å². The van der Waals surface area contributed by atoms with E-state index in [0.29, 0.717) is 6.61 Å². The topological polar surface area (TPSA) is 53.3 Å². The molecule has 0 aromatic carbocycles. The summed E-state index contributed by atoms with van der Waals surface area (Å²) in [7, 11) is 0. The van der Waals surface area contributed by atoms with Gasteiger partial charge in [0.25, 0.3) is 0 Å². The van der Waals surface area contributed by atoms with Gasteiger partial charge in [-0.05, 0) is 25.5 Å². The number of rotatable bonds is 1. The Balaban J connectivity index is 2.80. The van der Waals surface area contributed by atoms with Crippen LogP contribution in [0.15, 0.2) is 23.9 Å². The summed E-state index contributed by atoms with van der Waals surface area (Å²) >= 11 is 0. The molecule has 0 aromatic rings. The van der Waals surface area contributed by atoms with Crippen molar-refractivity contribution >= 4 is 6.09 Å². The van der Waals surface area contributed by atoms with E-state index in [4.69, 9.17) is 10.00 Å². The molecular weight excluding hydrogens is 180 g/mol. The Hall–Kier alpha value is -1.76. The molecular formula is C10H12N2O2. The summed E-state index contributed by atoms with van der Waals surface area (Å²) in [6.07, 6.45) is 4.60. The van der Waals surface area contributed by atoms with Gasteiger partial charge in [-0.25, -0.2) is 4.79 Å². The van der Waals surface area contributed by atoms with Gasteiger partial charge in [-0.1, -0.05) is 6.08 Å². The molecule has 0 aromatic heterocycles. The molecule has 1 unspecified atom stereocenters. The van der Waals surface area contributed by atoms with Crippen molar-refractivity contribution in [2.45, 2.75) is 19.9 Å². The van der Waals surface area contributed by atoms with E-state index in [0.717, 1.165) is 5.57 Å². The van der Waals surface area contributed by atoms with Crippen LogP contribution >= 0.6 is 0 Å². The zero-order valence-electron chi connectivity index (χ0n) is 8.23. The minimum Gasteiger partial charge on any atom is -0.449 e. The third kappa shape index (κ3) is 1.94. The van der Waals surface area contributed by atoms with E-state index in [1.807, 2.05) is 19.1 Å². The van der Waals surface area contributed by atoms with Gasteiger partial charge in [-0.2, -0.15) is 5.26 Å². The molecule has 1 heterocycles. The maximum Gasteiger partial charge on any atom is 0.415 e. The number of ether oxygens (including phenoxy) is 1. The van der Waals surface area contributed by atoms with Crippen molar-refractivity contribution in [2.75, 3.05) is 6.61 Å². The molecule has 1 amide bonds. The van der Waals surface area contributed by atoms with E-state index >= 15 is 0 Å². The summed E-state index contributed by atoms with van der Waals surface area (Å²) in [6.45, 7) is 3.85. The Labute approximate surface area is 83.1 Å². The first-order chi connectivity index (χ1) is 6.70. The number of amides is 1. The molecule has 1 aliphatic rings. The molecule has 0 saturated carbocycles. The highest BCUT2D eigenvalue weighted by Crippen LogP contribution is 2.16. The third-order valence-electron chi connectivity index (χ3n) is 1.92. The fourth-order valence-electron chi connectivity index (χ4n) is 1.21. The Kier molecular flexibility index (Phi) is 3.29. The Morgan fingerprint density at radius 1 is 1.79 bits per heavy atom. The van der Waals surface area contributed by atoms with Crippen LogP contribution < -0.4 is 0 Å². The highest BCUT2D eigenvalue weighted by molar-refractivity contribution is 5.71. The summed E-state index contributed by atoms with van der Waals surface area (Å²) in [5.74, 6) is 0. The van der Waals surface area contributed by atoms with Gasteiger partial charge in [0.2, 0.25) is 0 Å². The molecule has 4 nitrogen and oxygen atoms in total. The number of carbonyl (C=O) groups is 1. The molecule has 0 fully saturated rings. The van der Waals surface area contributed by atoms with Gasteiger partial charge in [0.05, 0.1) is 12.7 Å². The summed E-state index contributed by atoms with van der Waals surface area (Å²) in [5, 5.41) is 8.87. The Morgan fingerprint density at radius 2 is 2.50 bits per heavy atom. The van der Waals surface area contributed by atoms with Crippen molar-refractivity contribution in [1.82, 2.24) is 4.90 Å². The van der Waals surface area contributed by atoms with E-state index in [1.54, 1.807) is 19.2 Å². The highest BCUT2D eigenvalue weighted by Gasteiger charge is 2.25. The largest absolute Gasteiger partial charge is 0.449 e. The van der Waals surface area contributed by atoms with Crippen LogP contribution in [0.3, 0.4) is 0 Å². The lowest BCUT2D eigenvalue weighted by molar-refractivity contribution is 0.119. The molecule has 74 valence electrons. The van der Waals surface area contributed by atoms with Crippen molar-refractivity contribution in [3.63, 3.8) is 0 Å². The maximum atomic E-state index is 11.4. The van der Waals surface area contributed by atoms with Gasteiger partial charge in [0, 0.05) is 6.20 Å². The SMILES string of the molecule is CCOC(=O)N1C=CC=C(C)C1C#N. The minimum atomic E-state index is -0.543. The molecule has 0 bridgehead atoms. The lowest BCUT2D eigenvalue weighted by atomic mass is 10.1. The van der Waals surface area contributed by atoms with Gasteiger partial charge < -0.3 is 4.74 Å². The molecule has 0 saturated heterocycles. The smallest absolute Gasteiger partial charge is 0.415 e. The first-order valence-electron chi connectivity index (χ1n) is 4.40. The van der Waals surface area contributed by atoms with E-state index in [-0.39, 0.29) is 0 Å². The van der Waals surface area contributed by atoms with Crippen LogP contribution in [0.1, 0.15) is 13.8 Å². The van der Waals surface area contributed by atoms with Gasteiger partial charge in [-0.3, -0.25) is 4.90 Å². The van der Waals surface area contributed by atoms with Gasteiger partial charge in [0.1, 0.15) is 6.04 Å². The van der Waals surface area contributed by atoms with Crippen molar-refractivity contribution < 1.29 is 9.53 Å². The molecule has 1 aliphatic heterocycles. The number of allylic oxidation sites excluding steroid dienone is 2. The summed E-state index contributed by atoms with van der Waals surface area (Å²) in [5.41, 5.74) is 0.836. The number of hydrogen-bond acceptors (Lipinski definition) is 3. The number of carbonyl (C=O) groups excluding carboxylic acids is 1. The minimum absolute atomic E-state index is 0.310. The predicted molar refractivity (Wildman–Crippen MR) is 51.2 cm³/mol. The van der Waals surface area contributed by atoms with Crippen LogP contribution in [0.4, 0.5) is 4.79 Å². The number of nitrogens with zero attached hydrogens (tertiary/aromatic N) is 2. The van der Waals surface area contributed by atoms with Crippen LogP contribution in [0, 0.1) is 11.3 Å². The van der Waals surface area contributed by atoms with E-state index in [1.165, 1.54) is 4.90 Å². The first-order valence-corrected chi connectivity index (χ1v) is 4.40. The Morgan fingerprint density at radius 3 is 3.07 bits per heavy atom. The molecule has 0 radical (unpaired) electrons. The molecule has 0 spiro atoms. The van der Waals surface area contributed by atoms with Crippen molar-refractivity contribution in [3.8, 4) is 6.07 Å². The standard InChI is InChI=1S/C10H12N2O2/c1-3-14-10(13)12-6-4-5-8(2)9(12)7-11/h4-6,9H,3H2,1-2H3. The van der Waals surface area contributed by atoms with Gasteiger partial charge >= 0.3 is 6.09 Å². The van der Waals surface area contributed by atoms with Crippen LogP contribution in [0.5, 0.6) is 0 Å². The fourth-order valence-corrected chi connectivity index (χ4v) is 1.21. The second kappa shape index (κ2) is 4.47. The average molecular weight is 192 g/mol. The predicted octanol–water partition coefficient (Wildman–Crippen LogP) is 1.81. The lowest BCUT2D eigenvalue weighted by Gasteiger charge is -2.25. The van der Waals surface area contributed by atoms with E-state index in [2.05, 4.69) is 0 Å². The highest BCUT2D eigenvalue weighted by atomic mass is 16.6.